The summed E-state index contributed by atoms with van der Waals surface area (Å²) in [4.78, 5) is -0.174. The van der Waals surface area contributed by atoms with Gasteiger partial charge >= 0.3 is 0 Å². The van der Waals surface area contributed by atoms with E-state index in [1.165, 1.54) is 32.2 Å². The molecule has 4 N–H and O–H groups in total. The number of rotatable bonds is 10. The third-order valence-electron chi connectivity index (χ3n) is 3.48. The molecule has 0 radical (unpaired) electrons. The number of methoxy groups -OCH3 is 1. The molecule has 1 aromatic carbocycles. The smallest absolute Gasteiger partial charge is 0.242 e. The van der Waals surface area contributed by atoms with Crippen LogP contribution in [0.3, 0.4) is 0 Å². The molecule has 0 aliphatic rings. The van der Waals surface area contributed by atoms with E-state index in [0.717, 1.165) is 0 Å². The number of sulfonamides is 2. The summed E-state index contributed by atoms with van der Waals surface area (Å²) in [6.07, 6.45) is 0.571. The molecule has 26 heavy (non-hydrogen) atoms. The van der Waals surface area contributed by atoms with Gasteiger partial charge in [-0.25, -0.2) is 21.6 Å². The van der Waals surface area contributed by atoms with Crippen molar-refractivity contribution >= 4 is 38.1 Å². The molecule has 0 amide bonds. The Morgan fingerprint density at radius 2 is 1.81 bits per heavy atom. The van der Waals surface area contributed by atoms with E-state index < -0.39 is 26.1 Å². The first kappa shape index (κ1) is 24.9. The van der Waals surface area contributed by atoms with E-state index in [-0.39, 0.29) is 41.2 Å². The van der Waals surface area contributed by atoms with Crippen LogP contribution in [0.5, 0.6) is 5.75 Å². The van der Waals surface area contributed by atoms with Crippen LogP contribution in [0.1, 0.15) is 27.2 Å². The summed E-state index contributed by atoms with van der Waals surface area (Å²) in [6, 6.07) is 3.65. The highest BCUT2D eigenvalue weighted by molar-refractivity contribution is 7.93. The average Bonchev–Trinajstić information content (AvgIpc) is 2.52. The molecule has 1 aromatic rings. The SMILES string of the molecule is CCS(=O)(=O)Nc1cc(OC)ccc1S(=O)(=O)NC(CN)CC(C)C.Cl. The van der Waals surface area contributed by atoms with Gasteiger partial charge in [0.15, 0.2) is 0 Å². The van der Waals surface area contributed by atoms with Crippen molar-refractivity contribution in [1.82, 2.24) is 4.72 Å². The molecule has 8 nitrogen and oxygen atoms in total. The monoisotopic (exact) mass is 429 g/mol. The van der Waals surface area contributed by atoms with Gasteiger partial charge in [0.25, 0.3) is 0 Å². The molecule has 0 aromatic heterocycles. The molecule has 0 fully saturated rings. The highest BCUT2D eigenvalue weighted by Crippen LogP contribution is 2.27. The number of anilines is 1. The van der Waals surface area contributed by atoms with E-state index in [1.54, 1.807) is 0 Å². The fourth-order valence-electron chi connectivity index (χ4n) is 2.23. The maximum Gasteiger partial charge on any atom is 0.242 e. The first-order valence-electron chi connectivity index (χ1n) is 7.95. The quantitative estimate of drug-likeness (QED) is 0.517. The van der Waals surface area contributed by atoms with Gasteiger partial charge in [-0.15, -0.1) is 12.4 Å². The summed E-state index contributed by atoms with van der Waals surface area (Å²) < 4.78 is 59.1. The van der Waals surface area contributed by atoms with Gasteiger partial charge in [0, 0.05) is 18.7 Å². The summed E-state index contributed by atoms with van der Waals surface area (Å²) in [5.74, 6) is 0.408. The number of hydrogen-bond acceptors (Lipinski definition) is 6. The zero-order valence-corrected chi connectivity index (χ0v) is 17.8. The normalized spacial score (nSPS) is 13.2. The van der Waals surface area contributed by atoms with Crippen LogP contribution in [0.25, 0.3) is 0 Å². The lowest BCUT2D eigenvalue weighted by Gasteiger charge is -2.20. The number of halogens is 1. The minimum Gasteiger partial charge on any atom is -0.497 e. The standard InChI is InChI=1S/C15H27N3O5S2.ClH/c1-5-24(19,20)18-14-9-13(23-4)6-7-15(14)25(21,22)17-12(10-16)8-11(2)3;/h6-7,9,11-12,17-18H,5,8,10,16H2,1-4H3;1H. The van der Waals surface area contributed by atoms with Gasteiger partial charge in [0.1, 0.15) is 10.6 Å². The zero-order valence-electron chi connectivity index (χ0n) is 15.4. The summed E-state index contributed by atoms with van der Waals surface area (Å²) in [5.41, 5.74) is 5.59. The Hall–Kier alpha value is -1.07. The third kappa shape index (κ3) is 7.28. The highest BCUT2D eigenvalue weighted by Gasteiger charge is 2.25. The van der Waals surface area contributed by atoms with E-state index in [4.69, 9.17) is 10.5 Å². The molecule has 11 heteroatoms. The minimum absolute atomic E-state index is 0. The van der Waals surface area contributed by atoms with Crippen molar-refractivity contribution in [2.75, 3.05) is 24.1 Å². The number of ether oxygens (including phenoxy) is 1. The molecular weight excluding hydrogens is 402 g/mol. The molecule has 0 spiro atoms. The summed E-state index contributed by atoms with van der Waals surface area (Å²) in [7, 11) is -6.21. The Labute approximate surface area is 162 Å². The van der Waals surface area contributed by atoms with Crippen LogP contribution < -0.4 is 19.9 Å². The van der Waals surface area contributed by atoms with Gasteiger partial charge in [0.05, 0.1) is 18.6 Å². The topological polar surface area (TPSA) is 128 Å². The van der Waals surface area contributed by atoms with Crippen molar-refractivity contribution in [3.8, 4) is 5.75 Å². The van der Waals surface area contributed by atoms with Crippen molar-refractivity contribution in [2.24, 2.45) is 11.7 Å². The molecule has 1 rings (SSSR count). The van der Waals surface area contributed by atoms with Crippen molar-refractivity contribution in [2.45, 2.75) is 38.1 Å². The van der Waals surface area contributed by atoms with E-state index in [9.17, 15) is 16.8 Å². The Morgan fingerprint density at radius 1 is 1.19 bits per heavy atom. The Bertz CT molecular complexity index is 782. The van der Waals surface area contributed by atoms with Crippen molar-refractivity contribution < 1.29 is 21.6 Å². The van der Waals surface area contributed by atoms with E-state index in [0.29, 0.717) is 12.2 Å². The fourth-order valence-corrected chi connectivity index (χ4v) is 4.35. The molecular formula is C15H28ClN3O5S2. The van der Waals surface area contributed by atoms with Gasteiger partial charge < -0.3 is 10.5 Å². The van der Waals surface area contributed by atoms with Crippen LogP contribution in [0.4, 0.5) is 5.69 Å². The molecule has 0 aliphatic heterocycles. The van der Waals surface area contributed by atoms with E-state index >= 15 is 0 Å². The molecule has 0 saturated carbocycles. The predicted octanol–water partition coefficient (Wildman–Crippen LogP) is 1.53. The second-order valence-electron chi connectivity index (χ2n) is 6.05. The van der Waals surface area contributed by atoms with Gasteiger partial charge in [0.2, 0.25) is 20.0 Å². The van der Waals surface area contributed by atoms with E-state index in [2.05, 4.69) is 9.44 Å². The average molecular weight is 430 g/mol. The first-order valence-corrected chi connectivity index (χ1v) is 11.1. The predicted molar refractivity (Wildman–Crippen MR) is 106 cm³/mol. The van der Waals surface area contributed by atoms with E-state index in [1.807, 2.05) is 13.8 Å². The maximum atomic E-state index is 12.7. The van der Waals surface area contributed by atoms with Crippen LogP contribution in [-0.2, 0) is 20.0 Å². The molecule has 1 unspecified atom stereocenters. The van der Waals surface area contributed by atoms with Crippen molar-refractivity contribution in [3.63, 3.8) is 0 Å². The number of benzene rings is 1. The number of nitrogens with two attached hydrogens (primary N) is 1. The Kier molecular flexibility index (Phi) is 9.89. The van der Waals surface area contributed by atoms with Gasteiger partial charge in [-0.05, 0) is 31.4 Å². The maximum absolute atomic E-state index is 12.7. The largest absolute Gasteiger partial charge is 0.497 e. The lowest BCUT2D eigenvalue weighted by molar-refractivity contribution is 0.414. The highest BCUT2D eigenvalue weighted by atomic mass is 35.5. The number of hydrogen-bond donors (Lipinski definition) is 3. The van der Waals surface area contributed by atoms with Crippen LogP contribution >= 0.6 is 12.4 Å². The van der Waals surface area contributed by atoms with Crippen molar-refractivity contribution in [1.29, 1.82) is 0 Å². The van der Waals surface area contributed by atoms with Gasteiger partial charge in [-0.1, -0.05) is 13.8 Å². The fraction of sp³-hybridized carbons (Fsp3) is 0.600. The molecule has 0 heterocycles. The zero-order chi connectivity index (χ0) is 19.3. The van der Waals surface area contributed by atoms with Crippen molar-refractivity contribution in [3.05, 3.63) is 18.2 Å². The summed E-state index contributed by atoms with van der Waals surface area (Å²) in [6.45, 7) is 5.53. The van der Waals surface area contributed by atoms with Crippen LogP contribution in [0.15, 0.2) is 23.1 Å². The summed E-state index contributed by atoms with van der Waals surface area (Å²) >= 11 is 0. The molecule has 0 aliphatic carbocycles. The first-order chi connectivity index (χ1) is 11.5. The summed E-state index contributed by atoms with van der Waals surface area (Å²) in [5, 5.41) is 0. The lowest BCUT2D eigenvalue weighted by Crippen LogP contribution is -2.41. The van der Waals surface area contributed by atoms with Crippen LogP contribution in [-0.4, -0.2) is 42.3 Å². The Morgan fingerprint density at radius 3 is 2.27 bits per heavy atom. The molecule has 0 saturated heterocycles. The minimum atomic E-state index is -3.97. The lowest BCUT2D eigenvalue weighted by atomic mass is 10.1. The second-order valence-corrected chi connectivity index (χ2v) is 9.74. The Balaban J connectivity index is 0.00000625. The van der Waals surface area contributed by atoms with Crippen LogP contribution in [0.2, 0.25) is 0 Å². The molecule has 1 atom stereocenters. The van der Waals surface area contributed by atoms with Gasteiger partial charge in [-0.2, -0.15) is 0 Å². The number of nitrogens with one attached hydrogen (secondary N) is 2. The molecule has 152 valence electrons. The molecule has 0 bridgehead atoms. The van der Waals surface area contributed by atoms with Gasteiger partial charge in [-0.3, -0.25) is 4.72 Å². The second kappa shape index (κ2) is 10.3. The van der Waals surface area contributed by atoms with Crippen LogP contribution in [0, 0.1) is 5.92 Å². The third-order valence-corrected chi connectivity index (χ3v) is 6.35.